The molecule has 0 atom stereocenters. The van der Waals surface area contributed by atoms with Gasteiger partial charge in [0.1, 0.15) is 5.69 Å². The zero-order chi connectivity index (χ0) is 12.4. The molecule has 0 aliphatic heterocycles. The summed E-state index contributed by atoms with van der Waals surface area (Å²) in [7, 11) is 0. The highest BCUT2D eigenvalue weighted by Crippen LogP contribution is 2.24. The third-order valence-corrected chi connectivity index (χ3v) is 3.30. The Morgan fingerprint density at radius 1 is 0.778 bits per heavy atom. The lowest BCUT2D eigenvalue weighted by molar-refractivity contribution is 0.942. The van der Waals surface area contributed by atoms with Crippen LogP contribution in [0.2, 0.25) is 0 Å². The van der Waals surface area contributed by atoms with E-state index in [0.717, 1.165) is 15.7 Å². The van der Waals surface area contributed by atoms with Crippen LogP contribution in [0.15, 0.2) is 59.2 Å². The molecule has 18 heavy (non-hydrogen) atoms. The van der Waals surface area contributed by atoms with Crippen LogP contribution in [-0.4, -0.2) is 15.4 Å². The van der Waals surface area contributed by atoms with E-state index in [1.807, 2.05) is 12.1 Å². The van der Waals surface area contributed by atoms with Crippen LogP contribution in [-0.2, 0) is 0 Å². The van der Waals surface area contributed by atoms with Crippen molar-refractivity contribution in [1.29, 1.82) is 0 Å². The van der Waals surface area contributed by atoms with Gasteiger partial charge in [0.15, 0.2) is 0 Å². The minimum absolute atomic E-state index is 0.859. The molecule has 0 aliphatic carbocycles. The van der Waals surface area contributed by atoms with Gasteiger partial charge in [-0.3, -0.25) is 0 Å². The summed E-state index contributed by atoms with van der Waals surface area (Å²) in [6.45, 7) is 0. The van der Waals surface area contributed by atoms with Crippen LogP contribution in [0, 0.1) is 0 Å². The summed E-state index contributed by atoms with van der Waals surface area (Å²) in [6, 6.07) is 16.6. The molecule has 0 bridgehead atoms. The molecular formula is C14H10BrN3. The van der Waals surface area contributed by atoms with Crippen LogP contribution >= 0.6 is 15.9 Å². The molecule has 0 saturated heterocycles. The van der Waals surface area contributed by atoms with Gasteiger partial charge in [-0.2, -0.15) is 15.4 Å². The van der Waals surface area contributed by atoms with Crippen LogP contribution < -0.4 is 0 Å². The summed E-state index contributed by atoms with van der Waals surface area (Å²) in [6.07, 6.45) is 1.72. The fourth-order valence-corrected chi connectivity index (χ4v) is 2.08. The zero-order valence-electron chi connectivity index (χ0n) is 9.47. The van der Waals surface area contributed by atoms with E-state index in [0.29, 0.717) is 0 Å². The molecule has 0 spiro atoms. The van der Waals surface area contributed by atoms with Gasteiger partial charge in [0, 0.05) is 10.0 Å². The number of H-pyrrole nitrogens is 1. The molecule has 0 radical (unpaired) electrons. The topological polar surface area (TPSA) is 41.6 Å². The third-order valence-electron chi connectivity index (χ3n) is 2.77. The van der Waals surface area contributed by atoms with Gasteiger partial charge in [0.2, 0.25) is 0 Å². The average molecular weight is 300 g/mol. The molecule has 3 rings (SSSR count). The van der Waals surface area contributed by atoms with E-state index in [1.165, 1.54) is 11.1 Å². The highest BCUT2D eigenvalue weighted by Gasteiger charge is 2.02. The lowest BCUT2D eigenvalue weighted by atomic mass is 10.0. The van der Waals surface area contributed by atoms with Crippen LogP contribution in [0.5, 0.6) is 0 Å². The fraction of sp³-hybridized carbons (Fsp3) is 0. The summed E-state index contributed by atoms with van der Waals surface area (Å²) in [5.41, 5.74) is 4.31. The lowest BCUT2D eigenvalue weighted by Crippen LogP contribution is -1.80. The Labute approximate surface area is 113 Å². The first-order valence-electron chi connectivity index (χ1n) is 5.55. The lowest BCUT2D eigenvalue weighted by Gasteiger charge is -2.03. The molecule has 2 aromatic carbocycles. The maximum absolute atomic E-state index is 4.06. The second kappa shape index (κ2) is 4.74. The standard InChI is InChI=1S/C14H10BrN3/c15-13-7-5-11(6-8-13)10-1-3-12(4-2-10)14-9-16-18-17-14/h1-9H,(H,16,17,18). The molecule has 1 N–H and O–H groups in total. The van der Waals surface area contributed by atoms with Crippen LogP contribution in [0.4, 0.5) is 0 Å². The maximum atomic E-state index is 4.06. The Kier molecular flexibility index (Phi) is 2.94. The SMILES string of the molecule is Brc1ccc(-c2ccc(-c3cn[nH]n3)cc2)cc1. The molecule has 3 nitrogen and oxygen atoms in total. The van der Waals surface area contributed by atoms with Gasteiger partial charge in [-0.05, 0) is 23.3 Å². The van der Waals surface area contributed by atoms with Gasteiger partial charge >= 0.3 is 0 Å². The van der Waals surface area contributed by atoms with Gasteiger partial charge in [0.25, 0.3) is 0 Å². The number of hydrogen-bond acceptors (Lipinski definition) is 2. The largest absolute Gasteiger partial charge is 0.197 e. The van der Waals surface area contributed by atoms with E-state index in [4.69, 9.17) is 0 Å². The maximum Gasteiger partial charge on any atom is 0.112 e. The first-order chi connectivity index (χ1) is 8.83. The average Bonchev–Trinajstić information content (AvgIpc) is 2.94. The number of nitrogens with one attached hydrogen (secondary N) is 1. The van der Waals surface area contributed by atoms with Crippen LogP contribution in [0.3, 0.4) is 0 Å². The molecule has 4 heteroatoms. The first kappa shape index (κ1) is 11.2. The summed E-state index contributed by atoms with van der Waals surface area (Å²) in [5.74, 6) is 0. The summed E-state index contributed by atoms with van der Waals surface area (Å²) in [4.78, 5) is 0. The van der Waals surface area contributed by atoms with E-state index in [1.54, 1.807) is 6.20 Å². The molecule has 3 aromatic rings. The number of nitrogens with zero attached hydrogens (tertiary/aromatic N) is 2. The van der Waals surface area contributed by atoms with Crippen molar-refractivity contribution in [1.82, 2.24) is 15.4 Å². The normalized spacial score (nSPS) is 10.5. The summed E-state index contributed by atoms with van der Waals surface area (Å²) < 4.78 is 1.09. The Balaban J connectivity index is 1.94. The van der Waals surface area contributed by atoms with Crippen LogP contribution in [0.1, 0.15) is 0 Å². The van der Waals surface area contributed by atoms with E-state index < -0.39 is 0 Å². The smallest absolute Gasteiger partial charge is 0.112 e. The number of hydrogen-bond donors (Lipinski definition) is 1. The van der Waals surface area contributed by atoms with Crippen molar-refractivity contribution < 1.29 is 0 Å². The van der Waals surface area contributed by atoms with Crippen molar-refractivity contribution in [3.63, 3.8) is 0 Å². The first-order valence-corrected chi connectivity index (χ1v) is 6.34. The summed E-state index contributed by atoms with van der Waals surface area (Å²) in [5, 5.41) is 10.5. The summed E-state index contributed by atoms with van der Waals surface area (Å²) >= 11 is 3.44. The fourth-order valence-electron chi connectivity index (χ4n) is 1.82. The Morgan fingerprint density at radius 3 is 1.89 bits per heavy atom. The Bertz CT molecular complexity index is 628. The minimum atomic E-state index is 0.859. The third kappa shape index (κ3) is 2.19. The van der Waals surface area contributed by atoms with Gasteiger partial charge < -0.3 is 0 Å². The number of halogens is 1. The molecular weight excluding hydrogens is 290 g/mol. The van der Waals surface area contributed by atoms with Gasteiger partial charge in [-0.25, -0.2) is 0 Å². The highest BCUT2D eigenvalue weighted by atomic mass is 79.9. The van der Waals surface area contributed by atoms with Gasteiger partial charge in [0.05, 0.1) is 6.20 Å². The molecule has 0 amide bonds. The monoisotopic (exact) mass is 299 g/mol. The van der Waals surface area contributed by atoms with Crippen molar-refractivity contribution in [2.45, 2.75) is 0 Å². The molecule has 1 heterocycles. The number of rotatable bonds is 2. The van der Waals surface area contributed by atoms with Crippen molar-refractivity contribution in [2.75, 3.05) is 0 Å². The number of benzene rings is 2. The minimum Gasteiger partial charge on any atom is -0.197 e. The predicted molar refractivity (Wildman–Crippen MR) is 75.0 cm³/mol. The van der Waals surface area contributed by atoms with Gasteiger partial charge in [-0.1, -0.05) is 52.3 Å². The van der Waals surface area contributed by atoms with Crippen molar-refractivity contribution in [2.24, 2.45) is 0 Å². The van der Waals surface area contributed by atoms with Crippen LogP contribution in [0.25, 0.3) is 22.4 Å². The number of aromatic amines is 1. The molecule has 88 valence electrons. The quantitative estimate of drug-likeness (QED) is 0.780. The second-order valence-corrected chi connectivity index (χ2v) is 4.86. The van der Waals surface area contributed by atoms with E-state index in [-0.39, 0.29) is 0 Å². The molecule has 1 aromatic heterocycles. The Hall–Kier alpha value is -1.94. The van der Waals surface area contributed by atoms with E-state index in [2.05, 4.69) is 67.7 Å². The second-order valence-electron chi connectivity index (χ2n) is 3.94. The molecule has 0 fully saturated rings. The van der Waals surface area contributed by atoms with E-state index >= 15 is 0 Å². The van der Waals surface area contributed by atoms with Gasteiger partial charge in [-0.15, -0.1) is 0 Å². The Morgan fingerprint density at radius 2 is 1.33 bits per heavy atom. The molecule has 0 unspecified atom stereocenters. The zero-order valence-corrected chi connectivity index (χ0v) is 11.1. The van der Waals surface area contributed by atoms with Crippen molar-refractivity contribution >= 4 is 15.9 Å². The predicted octanol–water partition coefficient (Wildman–Crippen LogP) is 3.90. The van der Waals surface area contributed by atoms with Crippen molar-refractivity contribution in [3.05, 3.63) is 59.2 Å². The van der Waals surface area contributed by atoms with E-state index in [9.17, 15) is 0 Å². The van der Waals surface area contributed by atoms with Crippen molar-refractivity contribution in [3.8, 4) is 22.4 Å². The molecule has 0 aliphatic rings. The molecule has 0 saturated carbocycles. The number of aromatic nitrogens is 3. The highest BCUT2D eigenvalue weighted by molar-refractivity contribution is 9.10.